The minimum Gasteiger partial charge on any atom is -0.394 e. The lowest BCUT2D eigenvalue weighted by atomic mass is 9.87. The van der Waals surface area contributed by atoms with Gasteiger partial charge in [0.1, 0.15) is 0 Å². The van der Waals surface area contributed by atoms with Gasteiger partial charge in [-0.3, -0.25) is 4.90 Å². The molecule has 4 heteroatoms. The first kappa shape index (κ1) is 15.8. The fourth-order valence-corrected chi connectivity index (χ4v) is 3.35. The summed E-state index contributed by atoms with van der Waals surface area (Å²) in [6, 6.07) is 6.53. The highest BCUT2D eigenvalue weighted by atomic mass is 35.5. The molecule has 1 aromatic rings. The molecule has 0 bridgehead atoms. The Morgan fingerprint density at radius 3 is 2.95 bits per heavy atom. The summed E-state index contributed by atoms with van der Waals surface area (Å²) in [5.74, 6) is 0. The van der Waals surface area contributed by atoms with Gasteiger partial charge in [-0.25, -0.2) is 0 Å². The van der Waals surface area contributed by atoms with Crippen molar-refractivity contribution < 1.29 is 10.2 Å². The van der Waals surface area contributed by atoms with E-state index in [2.05, 4.69) is 17.9 Å². The second-order valence-corrected chi connectivity index (χ2v) is 6.01. The van der Waals surface area contributed by atoms with Gasteiger partial charge in [0.05, 0.1) is 12.7 Å². The van der Waals surface area contributed by atoms with Gasteiger partial charge in [-0.05, 0) is 49.4 Å². The molecule has 3 nitrogen and oxygen atoms in total. The van der Waals surface area contributed by atoms with Crippen LogP contribution >= 0.6 is 11.6 Å². The van der Waals surface area contributed by atoms with E-state index in [1.807, 2.05) is 12.1 Å². The SMILES string of the molecule is CCCN(CC(O)CO)C1CCc2cccc(Cl)c2C1. The summed E-state index contributed by atoms with van der Waals surface area (Å²) >= 11 is 6.31. The third-order valence-electron chi connectivity index (χ3n) is 4.09. The minimum absolute atomic E-state index is 0.176. The predicted molar refractivity (Wildman–Crippen MR) is 82.2 cm³/mol. The van der Waals surface area contributed by atoms with Crippen LogP contribution in [-0.4, -0.2) is 47.0 Å². The molecule has 0 radical (unpaired) electrons. The van der Waals surface area contributed by atoms with Crippen molar-refractivity contribution in [1.82, 2.24) is 4.90 Å². The molecule has 0 aromatic heterocycles. The summed E-state index contributed by atoms with van der Waals surface area (Å²) in [5.41, 5.74) is 2.61. The second kappa shape index (κ2) is 7.41. The molecule has 2 atom stereocenters. The molecule has 1 aliphatic rings. The molecular weight excluding hydrogens is 274 g/mol. The fraction of sp³-hybridized carbons (Fsp3) is 0.625. The maximum absolute atomic E-state index is 9.72. The van der Waals surface area contributed by atoms with Crippen LogP contribution in [-0.2, 0) is 12.8 Å². The molecule has 112 valence electrons. The molecule has 0 aliphatic heterocycles. The van der Waals surface area contributed by atoms with Gasteiger partial charge in [0.2, 0.25) is 0 Å². The summed E-state index contributed by atoms with van der Waals surface area (Å²) < 4.78 is 0. The number of hydrogen-bond donors (Lipinski definition) is 2. The lowest BCUT2D eigenvalue weighted by Crippen LogP contribution is -2.44. The quantitative estimate of drug-likeness (QED) is 0.846. The van der Waals surface area contributed by atoms with Crippen LogP contribution in [0.4, 0.5) is 0 Å². The highest BCUT2D eigenvalue weighted by Gasteiger charge is 2.26. The third kappa shape index (κ3) is 3.73. The van der Waals surface area contributed by atoms with E-state index in [9.17, 15) is 5.11 Å². The molecule has 0 saturated heterocycles. The average molecular weight is 298 g/mol. The zero-order valence-electron chi connectivity index (χ0n) is 12.1. The van der Waals surface area contributed by atoms with Gasteiger partial charge in [0, 0.05) is 17.6 Å². The number of rotatable bonds is 6. The Kier molecular flexibility index (Phi) is 5.85. The number of fused-ring (bicyclic) bond motifs is 1. The smallest absolute Gasteiger partial charge is 0.0897 e. The Labute approximate surface area is 126 Å². The fourth-order valence-electron chi connectivity index (χ4n) is 3.08. The number of aryl methyl sites for hydroxylation is 1. The van der Waals surface area contributed by atoms with Crippen molar-refractivity contribution >= 4 is 11.6 Å². The van der Waals surface area contributed by atoms with Crippen molar-refractivity contribution in [2.24, 2.45) is 0 Å². The molecule has 20 heavy (non-hydrogen) atoms. The number of aliphatic hydroxyl groups is 2. The van der Waals surface area contributed by atoms with Crippen LogP contribution in [0.15, 0.2) is 18.2 Å². The third-order valence-corrected chi connectivity index (χ3v) is 4.44. The standard InChI is InChI=1S/C16H24ClNO2/c1-2-8-18(10-14(20)11-19)13-7-6-12-4-3-5-16(17)15(12)9-13/h3-5,13-14,19-20H,2,6-11H2,1H3. The normalized spacial score (nSPS) is 19.9. The molecule has 0 spiro atoms. The number of halogens is 1. The van der Waals surface area contributed by atoms with Gasteiger partial charge in [-0.2, -0.15) is 0 Å². The van der Waals surface area contributed by atoms with Crippen LogP contribution in [0.5, 0.6) is 0 Å². The molecule has 0 saturated carbocycles. The first-order valence-electron chi connectivity index (χ1n) is 7.45. The van der Waals surface area contributed by atoms with Gasteiger partial charge < -0.3 is 10.2 Å². The Morgan fingerprint density at radius 2 is 2.25 bits per heavy atom. The second-order valence-electron chi connectivity index (χ2n) is 5.61. The van der Waals surface area contributed by atoms with Gasteiger partial charge in [-0.15, -0.1) is 0 Å². The summed E-state index contributed by atoms with van der Waals surface area (Å²) in [7, 11) is 0. The molecular formula is C16H24ClNO2. The summed E-state index contributed by atoms with van der Waals surface area (Å²) in [6.45, 7) is 3.45. The van der Waals surface area contributed by atoms with Crippen molar-refractivity contribution in [2.75, 3.05) is 19.7 Å². The number of aliphatic hydroxyl groups excluding tert-OH is 2. The molecule has 0 heterocycles. The molecule has 0 fully saturated rings. The predicted octanol–water partition coefficient (Wildman–Crippen LogP) is 2.26. The van der Waals surface area contributed by atoms with Gasteiger partial charge in [-0.1, -0.05) is 30.7 Å². The Bertz CT molecular complexity index is 438. The maximum Gasteiger partial charge on any atom is 0.0897 e. The van der Waals surface area contributed by atoms with Gasteiger partial charge in [0.15, 0.2) is 0 Å². The van der Waals surface area contributed by atoms with E-state index in [-0.39, 0.29) is 6.61 Å². The van der Waals surface area contributed by atoms with Crippen LogP contribution in [0.1, 0.15) is 30.9 Å². The Hall–Kier alpha value is -0.610. The molecule has 0 amide bonds. The van der Waals surface area contributed by atoms with Gasteiger partial charge in [0.25, 0.3) is 0 Å². The number of hydrogen-bond acceptors (Lipinski definition) is 3. The minimum atomic E-state index is -0.658. The van der Waals surface area contributed by atoms with Crippen molar-refractivity contribution in [3.63, 3.8) is 0 Å². The molecule has 1 aromatic carbocycles. The zero-order valence-corrected chi connectivity index (χ0v) is 12.8. The van der Waals surface area contributed by atoms with E-state index in [1.54, 1.807) is 0 Å². The monoisotopic (exact) mass is 297 g/mol. The van der Waals surface area contributed by atoms with Crippen molar-refractivity contribution in [3.8, 4) is 0 Å². The molecule has 2 unspecified atom stereocenters. The summed E-state index contributed by atoms with van der Waals surface area (Å²) in [5, 5.41) is 19.6. The van der Waals surface area contributed by atoms with Crippen LogP contribution in [0.25, 0.3) is 0 Å². The van der Waals surface area contributed by atoms with E-state index < -0.39 is 6.10 Å². The van der Waals surface area contributed by atoms with Crippen molar-refractivity contribution in [3.05, 3.63) is 34.3 Å². The van der Waals surface area contributed by atoms with E-state index in [0.29, 0.717) is 12.6 Å². The largest absolute Gasteiger partial charge is 0.394 e. The highest BCUT2D eigenvalue weighted by Crippen LogP contribution is 2.30. The molecule has 1 aliphatic carbocycles. The Morgan fingerprint density at radius 1 is 1.45 bits per heavy atom. The molecule has 2 N–H and O–H groups in total. The van der Waals surface area contributed by atoms with E-state index in [4.69, 9.17) is 16.7 Å². The highest BCUT2D eigenvalue weighted by molar-refractivity contribution is 6.31. The lowest BCUT2D eigenvalue weighted by Gasteiger charge is -2.36. The number of nitrogens with zero attached hydrogens (tertiary/aromatic N) is 1. The zero-order chi connectivity index (χ0) is 14.5. The average Bonchev–Trinajstić information content (AvgIpc) is 2.47. The van der Waals surface area contributed by atoms with E-state index >= 15 is 0 Å². The van der Waals surface area contributed by atoms with Crippen LogP contribution in [0, 0.1) is 0 Å². The topological polar surface area (TPSA) is 43.7 Å². The summed E-state index contributed by atoms with van der Waals surface area (Å²) in [6.07, 6.45) is 3.45. The molecule has 2 rings (SSSR count). The van der Waals surface area contributed by atoms with E-state index in [0.717, 1.165) is 37.3 Å². The van der Waals surface area contributed by atoms with Crippen LogP contribution in [0.3, 0.4) is 0 Å². The van der Waals surface area contributed by atoms with Gasteiger partial charge >= 0.3 is 0 Å². The lowest BCUT2D eigenvalue weighted by molar-refractivity contribution is 0.0415. The maximum atomic E-state index is 9.72. The number of benzene rings is 1. The van der Waals surface area contributed by atoms with Crippen LogP contribution < -0.4 is 0 Å². The Balaban J connectivity index is 2.10. The summed E-state index contributed by atoms with van der Waals surface area (Å²) in [4.78, 5) is 2.30. The van der Waals surface area contributed by atoms with Crippen LogP contribution in [0.2, 0.25) is 5.02 Å². The van der Waals surface area contributed by atoms with E-state index in [1.165, 1.54) is 11.1 Å². The van der Waals surface area contributed by atoms with Crippen molar-refractivity contribution in [2.45, 2.75) is 44.8 Å². The van der Waals surface area contributed by atoms with Crippen molar-refractivity contribution in [1.29, 1.82) is 0 Å². The first-order valence-corrected chi connectivity index (χ1v) is 7.82. The first-order chi connectivity index (χ1) is 9.65.